The molecule has 6 heteroatoms. The van der Waals surface area contributed by atoms with E-state index < -0.39 is 0 Å². The Morgan fingerprint density at radius 2 is 2.00 bits per heavy atom. The van der Waals surface area contributed by atoms with Crippen molar-refractivity contribution >= 4 is 45.4 Å². The highest BCUT2D eigenvalue weighted by Gasteiger charge is 2.11. The molecule has 0 unspecified atom stereocenters. The molecule has 0 radical (unpaired) electrons. The van der Waals surface area contributed by atoms with Gasteiger partial charge in [-0.25, -0.2) is 4.98 Å². The van der Waals surface area contributed by atoms with Crippen molar-refractivity contribution in [1.29, 1.82) is 0 Å². The molecule has 0 fully saturated rings. The van der Waals surface area contributed by atoms with Crippen molar-refractivity contribution in [2.24, 2.45) is 0 Å². The number of nitrogens with zero attached hydrogens (tertiary/aromatic N) is 2. The zero-order valence-corrected chi connectivity index (χ0v) is 12.7. The average Bonchev–Trinajstić information content (AvgIpc) is 2.87. The van der Waals surface area contributed by atoms with Gasteiger partial charge in [0.15, 0.2) is 0 Å². The molecule has 102 valence electrons. The van der Waals surface area contributed by atoms with Crippen molar-refractivity contribution in [2.75, 3.05) is 0 Å². The Kier molecular flexibility index (Phi) is 3.78. The fourth-order valence-corrected chi connectivity index (χ4v) is 3.35. The van der Waals surface area contributed by atoms with Gasteiger partial charge in [0, 0.05) is 4.88 Å². The molecule has 3 rings (SSSR count). The minimum Gasteiger partial charge on any atom is -0.290 e. The van der Waals surface area contributed by atoms with E-state index in [0.717, 1.165) is 4.88 Å². The second kappa shape index (κ2) is 5.56. The lowest BCUT2D eigenvalue weighted by molar-refractivity contribution is 0.714. The quantitative estimate of drug-likeness (QED) is 0.685. The number of halogens is 2. The molecule has 0 atom stereocenters. The van der Waals surface area contributed by atoms with E-state index in [4.69, 9.17) is 23.2 Å². The second-order valence-corrected chi connectivity index (χ2v) is 6.34. The number of hydrogen-bond acceptors (Lipinski definition) is 3. The maximum absolute atomic E-state index is 12.6. The van der Waals surface area contributed by atoms with E-state index in [1.807, 2.05) is 30.3 Å². The Labute approximate surface area is 129 Å². The molecule has 0 aliphatic carbocycles. The number of para-hydroxylation sites is 1. The first-order valence-electron chi connectivity index (χ1n) is 5.97. The number of fused-ring (bicyclic) bond motifs is 1. The molecule has 0 N–H and O–H groups in total. The van der Waals surface area contributed by atoms with Gasteiger partial charge in [-0.05, 0) is 24.3 Å². The molecule has 0 aliphatic rings. The highest BCUT2D eigenvalue weighted by atomic mass is 35.5. The third-order valence-electron chi connectivity index (χ3n) is 3.00. The summed E-state index contributed by atoms with van der Waals surface area (Å²) in [6.45, 7) is 0.441. The van der Waals surface area contributed by atoms with Crippen molar-refractivity contribution < 1.29 is 0 Å². The molecule has 0 saturated carbocycles. The molecule has 3 nitrogen and oxygen atoms in total. The van der Waals surface area contributed by atoms with E-state index in [1.54, 1.807) is 10.6 Å². The van der Waals surface area contributed by atoms with Gasteiger partial charge in [0.25, 0.3) is 5.56 Å². The third kappa shape index (κ3) is 2.46. The molecule has 3 aromatic rings. The summed E-state index contributed by atoms with van der Waals surface area (Å²) >= 11 is 13.3. The predicted octanol–water partition coefficient (Wildman–Crippen LogP) is 3.90. The molecule has 0 aliphatic heterocycles. The van der Waals surface area contributed by atoms with Crippen LogP contribution in [0.1, 0.15) is 10.7 Å². The summed E-state index contributed by atoms with van der Waals surface area (Å²) in [7, 11) is 0. The number of hydrogen-bond donors (Lipinski definition) is 0. The minimum absolute atomic E-state index is 0.0734. The standard InChI is InChI=1S/C14H10Cl2N2OS/c15-7-13-17-11-4-2-1-3-10(11)14(19)18(13)8-9-5-6-12(16)20-9/h1-6H,7-8H2. The van der Waals surface area contributed by atoms with E-state index >= 15 is 0 Å². The van der Waals surface area contributed by atoms with Gasteiger partial charge in [0.2, 0.25) is 0 Å². The SMILES string of the molecule is O=c1c2ccccc2nc(CCl)n1Cc1ccc(Cl)s1. The van der Waals surface area contributed by atoms with Crippen LogP contribution in [0.15, 0.2) is 41.2 Å². The average molecular weight is 325 g/mol. The van der Waals surface area contributed by atoms with Crippen molar-refractivity contribution in [3.05, 3.63) is 61.8 Å². The van der Waals surface area contributed by atoms with Crippen LogP contribution in [0, 0.1) is 0 Å². The molecule has 2 heterocycles. The van der Waals surface area contributed by atoms with E-state index in [1.165, 1.54) is 11.3 Å². The Morgan fingerprint density at radius 3 is 2.70 bits per heavy atom. The van der Waals surface area contributed by atoms with Gasteiger partial charge in [-0.2, -0.15) is 0 Å². The minimum atomic E-state index is -0.0734. The normalized spacial score (nSPS) is 11.1. The Hall–Kier alpha value is -1.36. The van der Waals surface area contributed by atoms with Crippen LogP contribution >= 0.6 is 34.5 Å². The fraction of sp³-hybridized carbons (Fsp3) is 0.143. The summed E-state index contributed by atoms with van der Waals surface area (Å²) in [5.74, 6) is 0.763. The fourth-order valence-electron chi connectivity index (χ4n) is 2.07. The lowest BCUT2D eigenvalue weighted by Gasteiger charge is -2.10. The highest BCUT2D eigenvalue weighted by Crippen LogP contribution is 2.22. The summed E-state index contributed by atoms with van der Waals surface area (Å²) in [6.07, 6.45) is 0. The number of alkyl halides is 1. The lowest BCUT2D eigenvalue weighted by atomic mass is 10.2. The molecule has 20 heavy (non-hydrogen) atoms. The molecule has 0 spiro atoms. The van der Waals surface area contributed by atoms with E-state index in [-0.39, 0.29) is 11.4 Å². The summed E-state index contributed by atoms with van der Waals surface area (Å²) in [5, 5.41) is 0.601. The Bertz CT molecular complexity index is 825. The maximum Gasteiger partial charge on any atom is 0.261 e. The van der Waals surface area contributed by atoms with Crippen LogP contribution in [0.3, 0.4) is 0 Å². The lowest BCUT2D eigenvalue weighted by Crippen LogP contribution is -2.25. The van der Waals surface area contributed by atoms with Crippen LogP contribution in [0.4, 0.5) is 0 Å². The van der Waals surface area contributed by atoms with Gasteiger partial charge in [-0.15, -0.1) is 22.9 Å². The smallest absolute Gasteiger partial charge is 0.261 e. The van der Waals surface area contributed by atoms with E-state index in [2.05, 4.69) is 4.98 Å². The number of thiophene rings is 1. The van der Waals surface area contributed by atoms with Gasteiger partial charge < -0.3 is 0 Å². The third-order valence-corrected chi connectivity index (χ3v) is 4.46. The molecule has 0 amide bonds. The van der Waals surface area contributed by atoms with Crippen LogP contribution < -0.4 is 5.56 Å². The monoisotopic (exact) mass is 324 g/mol. The predicted molar refractivity (Wildman–Crippen MR) is 84.0 cm³/mol. The summed E-state index contributed by atoms with van der Waals surface area (Å²) in [5.41, 5.74) is 0.601. The summed E-state index contributed by atoms with van der Waals surface area (Å²) in [4.78, 5) is 18.0. The molecular formula is C14H10Cl2N2OS. The Balaban J connectivity index is 2.18. The van der Waals surface area contributed by atoms with Gasteiger partial charge in [0.1, 0.15) is 5.82 Å². The van der Waals surface area contributed by atoms with Crippen molar-refractivity contribution in [3.63, 3.8) is 0 Å². The number of rotatable bonds is 3. The van der Waals surface area contributed by atoms with Crippen LogP contribution in [-0.2, 0) is 12.4 Å². The van der Waals surface area contributed by atoms with Crippen LogP contribution in [0.2, 0.25) is 4.34 Å². The van der Waals surface area contributed by atoms with Crippen molar-refractivity contribution in [1.82, 2.24) is 9.55 Å². The number of aromatic nitrogens is 2. The first-order chi connectivity index (χ1) is 9.69. The van der Waals surface area contributed by atoms with E-state index in [0.29, 0.717) is 27.6 Å². The first-order valence-corrected chi connectivity index (χ1v) is 7.70. The van der Waals surface area contributed by atoms with Gasteiger partial charge in [0.05, 0.1) is 27.7 Å². The number of benzene rings is 1. The summed E-state index contributed by atoms with van der Waals surface area (Å²) < 4.78 is 2.31. The van der Waals surface area contributed by atoms with Crippen LogP contribution in [-0.4, -0.2) is 9.55 Å². The maximum atomic E-state index is 12.6. The molecule has 2 aromatic heterocycles. The van der Waals surface area contributed by atoms with Crippen LogP contribution in [0.25, 0.3) is 10.9 Å². The molecule has 1 aromatic carbocycles. The van der Waals surface area contributed by atoms with Gasteiger partial charge in [-0.3, -0.25) is 9.36 Å². The largest absolute Gasteiger partial charge is 0.290 e. The van der Waals surface area contributed by atoms with E-state index in [9.17, 15) is 4.79 Å². The van der Waals surface area contributed by atoms with Gasteiger partial charge in [-0.1, -0.05) is 23.7 Å². The highest BCUT2D eigenvalue weighted by molar-refractivity contribution is 7.16. The first kappa shape index (κ1) is 13.6. The topological polar surface area (TPSA) is 34.9 Å². The summed E-state index contributed by atoms with van der Waals surface area (Å²) in [6, 6.07) is 11.0. The molecular weight excluding hydrogens is 315 g/mol. The second-order valence-electron chi connectivity index (χ2n) is 4.28. The Morgan fingerprint density at radius 1 is 1.20 bits per heavy atom. The zero-order valence-electron chi connectivity index (χ0n) is 10.3. The van der Waals surface area contributed by atoms with Crippen LogP contribution in [0.5, 0.6) is 0 Å². The van der Waals surface area contributed by atoms with Crippen molar-refractivity contribution in [2.45, 2.75) is 12.4 Å². The zero-order chi connectivity index (χ0) is 14.1. The molecule has 0 bridgehead atoms. The van der Waals surface area contributed by atoms with Gasteiger partial charge >= 0.3 is 0 Å². The molecule has 0 saturated heterocycles. The van der Waals surface area contributed by atoms with Crippen molar-refractivity contribution in [3.8, 4) is 0 Å².